The Morgan fingerprint density at radius 1 is 1.41 bits per heavy atom. The minimum atomic E-state index is 0.00130. The first-order valence-corrected chi connectivity index (χ1v) is 7.74. The number of rotatable bonds is 3. The Balaban J connectivity index is 1.99. The van der Waals surface area contributed by atoms with E-state index in [1.807, 2.05) is 43.3 Å². The van der Waals surface area contributed by atoms with E-state index in [0.29, 0.717) is 18.3 Å². The summed E-state index contributed by atoms with van der Waals surface area (Å²) < 4.78 is 5.91. The quantitative estimate of drug-likeness (QED) is 0.941. The fourth-order valence-corrected chi connectivity index (χ4v) is 3.01. The van der Waals surface area contributed by atoms with Crippen molar-refractivity contribution in [2.75, 3.05) is 33.7 Å². The molecule has 1 aliphatic rings. The molecule has 5 heteroatoms. The summed E-state index contributed by atoms with van der Waals surface area (Å²) in [6.45, 7) is 5.06. The van der Waals surface area contributed by atoms with Crippen LogP contribution < -0.4 is 5.32 Å². The van der Waals surface area contributed by atoms with Crippen LogP contribution in [0.3, 0.4) is 0 Å². The Kier molecular flexibility index (Phi) is 4.18. The zero-order chi connectivity index (χ0) is 15.7. The Bertz CT molecular complexity index is 678. The molecule has 3 rings (SSSR count). The second-order valence-corrected chi connectivity index (χ2v) is 6.25. The van der Waals surface area contributed by atoms with Crippen LogP contribution in [0.1, 0.15) is 23.0 Å². The van der Waals surface area contributed by atoms with Crippen molar-refractivity contribution in [3.8, 4) is 0 Å². The molecule has 5 nitrogen and oxygen atoms in total. The monoisotopic (exact) mass is 301 g/mol. The summed E-state index contributed by atoms with van der Waals surface area (Å²) in [6, 6.07) is 8.19. The van der Waals surface area contributed by atoms with Gasteiger partial charge in [-0.25, -0.2) is 0 Å². The molecule has 0 unspecified atom stereocenters. The minimum absolute atomic E-state index is 0.00130. The highest BCUT2D eigenvalue weighted by molar-refractivity contribution is 5.99. The molecule has 0 spiro atoms. The zero-order valence-electron chi connectivity index (χ0n) is 13.4. The topological polar surface area (TPSA) is 48.7 Å². The smallest absolute Gasteiger partial charge is 0.290 e. The van der Waals surface area contributed by atoms with Crippen molar-refractivity contribution in [1.82, 2.24) is 15.1 Å². The van der Waals surface area contributed by atoms with Crippen LogP contribution >= 0.6 is 0 Å². The van der Waals surface area contributed by atoms with E-state index < -0.39 is 0 Å². The average Bonchev–Trinajstić information content (AvgIpc) is 2.85. The van der Waals surface area contributed by atoms with Crippen LogP contribution in [0.15, 0.2) is 28.7 Å². The first-order valence-electron chi connectivity index (χ1n) is 7.74. The van der Waals surface area contributed by atoms with Crippen molar-refractivity contribution in [2.45, 2.75) is 19.5 Å². The van der Waals surface area contributed by atoms with Crippen LogP contribution in [0.4, 0.5) is 0 Å². The molecule has 1 aliphatic heterocycles. The molecule has 118 valence electrons. The summed E-state index contributed by atoms with van der Waals surface area (Å²) in [5, 5.41) is 4.39. The number of fused-ring (bicyclic) bond motifs is 1. The van der Waals surface area contributed by atoms with Gasteiger partial charge in [-0.3, -0.25) is 4.79 Å². The van der Waals surface area contributed by atoms with E-state index in [2.05, 4.69) is 17.1 Å². The van der Waals surface area contributed by atoms with Gasteiger partial charge in [0.1, 0.15) is 5.58 Å². The van der Waals surface area contributed by atoms with Gasteiger partial charge in [0.15, 0.2) is 5.76 Å². The number of nitrogens with zero attached hydrogens (tertiary/aromatic N) is 2. The van der Waals surface area contributed by atoms with Crippen LogP contribution in [-0.4, -0.2) is 55.5 Å². The van der Waals surface area contributed by atoms with Crippen molar-refractivity contribution < 1.29 is 9.21 Å². The maximum absolute atomic E-state index is 12.9. The van der Waals surface area contributed by atoms with E-state index in [9.17, 15) is 4.79 Å². The molecule has 1 aromatic heterocycles. The van der Waals surface area contributed by atoms with Gasteiger partial charge in [-0.1, -0.05) is 18.2 Å². The maximum Gasteiger partial charge on any atom is 0.290 e. The number of nitrogens with one attached hydrogen (secondary N) is 1. The third-order valence-electron chi connectivity index (χ3n) is 4.02. The zero-order valence-corrected chi connectivity index (χ0v) is 13.4. The standard InChI is InChI=1S/C17H23N3O2/c1-12-10-20(9-8-18-12)17(21)16-14(11-19(2)3)13-6-4-5-7-15(13)22-16/h4-7,12,18H,8-11H2,1-3H3/t12-/m1/s1. The van der Waals surface area contributed by atoms with E-state index in [4.69, 9.17) is 4.42 Å². The summed E-state index contributed by atoms with van der Waals surface area (Å²) in [4.78, 5) is 16.9. The number of para-hydroxylation sites is 1. The summed E-state index contributed by atoms with van der Waals surface area (Å²) in [5.41, 5.74) is 1.77. The first kappa shape index (κ1) is 15.1. The fraction of sp³-hybridized carbons (Fsp3) is 0.471. The highest BCUT2D eigenvalue weighted by atomic mass is 16.3. The van der Waals surface area contributed by atoms with Gasteiger partial charge in [0.2, 0.25) is 0 Å². The molecular weight excluding hydrogens is 278 g/mol. The van der Waals surface area contributed by atoms with Crippen LogP contribution in [0, 0.1) is 0 Å². The molecule has 1 N–H and O–H groups in total. The molecule has 1 aromatic carbocycles. The summed E-state index contributed by atoms with van der Waals surface area (Å²) in [6.07, 6.45) is 0. The second kappa shape index (κ2) is 6.10. The second-order valence-electron chi connectivity index (χ2n) is 6.25. The van der Waals surface area contributed by atoms with E-state index >= 15 is 0 Å². The molecule has 1 atom stereocenters. The molecule has 0 saturated carbocycles. The number of piperazine rings is 1. The maximum atomic E-state index is 12.9. The van der Waals surface area contributed by atoms with Crippen molar-refractivity contribution in [2.24, 2.45) is 0 Å². The number of carbonyl (C=O) groups excluding carboxylic acids is 1. The van der Waals surface area contributed by atoms with Gasteiger partial charge < -0.3 is 19.5 Å². The van der Waals surface area contributed by atoms with Crippen molar-refractivity contribution in [1.29, 1.82) is 0 Å². The Morgan fingerprint density at radius 3 is 2.91 bits per heavy atom. The van der Waals surface area contributed by atoms with E-state index in [-0.39, 0.29) is 5.91 Å². The molecule has 2 aromatic rings. The minimum Gasteiger partial charge on any atom is -0.451 e. The van der Waals surface area contributed by atoms with Gasteiger partial charge in [-0.2, -0.15) is 0 Å². The van der Waals surface area contributed by atoms with Crippen LogP contribution in [0.2, 0.25) is 0 Å². The van der Waals surface area contributed by atoms with Gasteiger partial charge in [0, 0.05) is 43.2 Å². The molecule has 0 aliphatic carbocycles. The normalized spacial score (nSPS) is 19.1. The van der Waals surface area contributed by atoms with E-state index in [0.717, 1.165) is 36.2 Å². The van der Waals surface area contributed by atoms with Crippen molar-refractivity contribution >= 4 is 16.9 Å². The predicted molar refractivity (Wildman–Crippen MR) is 87.0 cm³/mol. The number of carbonyl (C=O) groups is 1. The Hall–Kier alpha value is -1.85. The molecule has 1 amide bonds. The van der Waals surface area contributed by atoms with Crippen LogP contribution in [0.25, 0.3) is 11.0 Å². The summed E-state index contributed by atoms with van der Waals surface area (Å²) >= 11 is 0. The van der Waals surface area contributed by atoms with Crippen molar-refractivity contribution in [3.63, 3.8) is 0 Å². The molecule has 0 radical (unpaired) electrons. The van der Waals surface area contributed by atoms with Gasteiger partial charge >= 0.3 is 0 Å². The largest absolute Gasteiger partial charge is 0.451 e. The van der Waals surface area contributed by atoms with Gasteiger partial charge in [0.25, 0.3) is 5.91 Å². The van der Waals surface area contributed by atoms with Crippen LogP contribution in [-0.2, 0) is 6.54 Å². The SMILES string of the molecule is C[C@@H]1CN(C(=O)c2oc3ccccc3c2CN(C)C)CCN1. The molecule has 22 heavy (non-hydrogen) atoms. The lowest BCUT2D eigenvalue weighted by Crippen LogP contribution is -2.51. The lowest BCUT2D eigenvalue weighted by atomic mass is 10.1. The Labute approximate surface area is 130 Å². The summed E-state index contributed by atoms with van der Waals surface area (Å²) in [7, 11) is 4.01. The third-order valence-corrected chi connectivity index (χ3v) is 4.02. The van der Waals surface area contributed by atoms with Gasteiger partial charge in [0.05, 0.1) is 0 Å². The highest BCUT2D eigenvalue weighted by Gasteiger charge is 2.27. The van der Waals surface area contributed by atoms with Gasteiger partial charge in [-0.05, 0) is 27.1 Å². The molecule has 2 heterocycles. The number of benzene rings is 1. The number of hydrogen-bond acceptors (Lipinski definition) is 4. The van der Waals surface area contributed by atoms with Crippen molar-refractivity contribution in [3.05, 3.63) is 35.6 Å². The number of furan rings is 1. The molecule has 1 fully saturated rings. The number of amides is 1. The average molecular weight is 301 g/mol. The molecule has 0 bridgehead atoms. The Morgan fingerprint density at radius 2 is 2.18 bits per heavy atom. The van der Waals surface area contributed by atoms with E-state index in [1.54, 1.807) is 0 Å². The lowest BCUT2D eigenvalue weighted by molar-refractivity contribution is 0.0677. The lowest BCUT2D eigenvalue weighted by Gasteiger charge is -2.31. The van der Waals surface area contributed by atoms with Crippen LogP contribution in [0.5, 0.6) is 0 Å². The third kappa shape index (κ3) is 2.87. The molecule has 1 saturated heterocycles. The van der Waals surface area contributed by atoms with Gasteiger partial charge in [-0.15, -0.1) is 0 Å². The first-order chi connectivity index (χ1) is 10.6. The highest BCUT2D eigenvalue weighted by Crippen LogP contribution is 2.28. The summed E-state index contributed by atoms with van der Waals surface area (Å²) in [5.74, 6) is 0.491. The number of hydrogen-bond donors (Lipinski definition) is 1. The molecular formula is C17H23N3O2. The van der Waals surface area contributed by atoms with E-state index in [1.165, 1.54) is 0 Å². The fourth-order valence-electron chi connectivity index (χ4n) is 3.01. The predicted octanol–water partition coefficient (Wildman–Crippen LogP) is 1.93.